The van der Waals surface area contributed by atoms with Crippen molar-refractivity contribution in [3.63, 3.8) is 0 Å². The van der Waals surface area contributed by atoms with Crippen LogP contribution in [0.2, 0.25) is 0 Å². The average molecular weight is 374 g/mol. The molecule has 0 bridgehead atoms. The highest BCUT2D eigenvalue weighted by Gasteiger charge is 2.30. The van der Waals surface area contributed by atoms with Gasteiger partial charge in [0.1, 0.15) is 11.5 Å². The van der Waals surface area contributed by atoms with Gasteiger partial charge in [-0.1, -0.05) is 0 Å². The molecule has 4 heterocycles. The number of nitrogens with two attached hydrogens (primary N) is 1. The zero-order valence-electron chi connectivity index (χ0n) is 16.3. The minimum absolute atomic E-state index is 0.00149. The second-order valence-corrected chi connectivity index (χ2v) is 8.12. The predicted molar refractivity (Wildman–Crippen MR) is 105 cm³/mol. The van der Waals surface area contributed by atoms with Crippen LogP contribution in [0.5, 0.6) is 0 Å². The third-order valence-electron chi connectivity index (χ3n) is 6.19. The molecule has 8 nitrogen and oxygen atoms in total. The Hall–Kier alpha value is -1.77. The molecular formula is C19H31N7O. The van der Waals surface area contributed by atoms with Crippen LogP contribution in [0.25, 0.3) is 0 Å². The molecule has 0 unspecified atom stereocenters. The Bertz CT molecular complexity index is 653. The number of anilines is 1. The molecular weight excluding hydrogens is 342 g/mol. The number of amides is 1. The number of piperazine rings is 1. The molecule has 3 fully saturated rings. The number of aromatic nitrogens is 2. The molecule has 0 aromatic carbocycles. The zero-order valence-corrected chi connectivity index (χ0v) is 16.3. The summed E-state index contributed by atoms with van der Waals surface area (Å²) < 4.78 is 0. The third-order valence-corrected chi connectivity index (χ3v) is 6.19. The Morgan fingerprint density at radius 2 is 1.78 bits per heavy atom. The van der Waals surface area contributed by atoms with Gasteiger partial charge in [-0.15, -0.1) is 0 Å². The Labute approximate surface area is 161 Å². The van der Waals surface area contributed by atoms with Crippen molar-refractivity contribution in [1.29, 1.82) is 0 Å². The number of likely N-dealkylation sites (tertiary alicyclic amines) is 1. The van der Waals surface area contributed by atoms with Gasteiger partial charge in [0.25, 0.3) is 5.91 Å². The predicted octanol–water partition coefficient (Wildman–Crippen LogP) is -0.134. The van der Waals surface area contributed by atoms with Gasteiger partial charge in [-0.2, -0.15) is 0 Å². The number of nitrogens with zero attached hydrogens (tertiary/aromatic N) is 6. The normalized spacial score (nSPS) is 25.9. The first-order valence-electron chi connectivity index (χ1n) is 10.1. The number of hydrogen-bond donors (Lipinski definition) is 1. The molecule has 8 heteroatoms. The highest BCUT2D eigenvalue weighted by atomic mass is 16.2. The van der Waals surface area contributed by atoms with E-state index in [1.54, 1.807) is 12.4 Å². The highest BCUT2D eigenvalue weighted by Crippen LogP contribution is 2.23. The first-order valence-corrected chi connectivity index (χ1v) is 10.1. The molecule has 0 radical (unpaired) electrons. The van der Waals surface area contributed by atoms with Crippen LogP contribution in [0, 0.1) is 0 Å². The van der Waals surface area contributed by atoms with E-state index in [1.165, 1.54) is 0 Å². The molecule has 3 aliphatic heterocycles. The molecule has 27 heavy (non-hydrogen) atoms. The van der Waals surface area contributed by atoms with E-state index in [-0.39, 0.29) is 5.91 Å². The maximum absolute atomic E-state index is 12.8. The molecule has 148 valence electrons. The molecule has 1 atom stereocenters. The number of piperidine rings is 1. The summed E-state index contributed by atoms with van der Waals surface area (Å²) in [4.78, 5) is 30.7. The first-order chi connectivity index (χ1) is 13.1. The monoisotopic (exact) mass is 373 g/mol. The minimum atomic E-state index is -0.00149. The fourth-order valence-electron chi connectivity index (χ4n) is 4.39. The van der Waals surface area contributed by atoms with Gasteiger partial charge in [0.15, 0.2) is 0 Å². The van der Waals surface area contributed by atoms with Crippen molar-refractivity contribution in [2.45, 2.75) is 31.3 Å². The van der Waals surface area contributed by atoms with Crippen LogP contribution in [0.15, 0.2) is 12.4 Å². The quantitative estimate of drug-likeness (QED) is 0.790. The van der Waals surface area contributed by atoms with E-state index in [0.717, 1.165) is 77.4 Å². The van der Waals surface area contributed by atoms with Gasteiger partial charge in [0, 0.05) is 64.4 Å². The molecule has 0 spiro atoms. The molecule has 1 amide bonds. The largest absolute Gasteiger partial charge is 0.355 e. The summed E-state index contributed by atoms with van der Waals surface area (Å²) in [6.45, 7) is 7.39. The lowest BCUT2D eigenvalue weighted by Crippen LogP contribution is -2.47. The van der Waals surface area contributed by atoms with Crippen molar-refractivity contribution in [3.8, 4) is 0 Å². The van der Waals surface area contributed by atoms with Crippen LogP contribution in [-0.4, -0.2) is 102 Å². The van der Waals surface area contributed by atoms with Crippen molar-refractivity contribution < 1.29 is 4.79 Å². The topological polar surface area (TPSA) is 81.8 Å². The second-order valence-electron chi connectivity index (χ2n) is 8.12. The van der Waals surface area contributed by atoms with Crippen LogP contribution >= 0.6 is 0 Å². The SMILES string of the molecule is CN1CCN(C(=O)c2cncc(N3CCC(N4CC[C@H](N)C4)CC3)n2)CC1. The van der Waals surface area contributed by atoms with Crippen LogP contribution < -0.4 is 10.6 Å². The van der Waals surface area contributed by atoms with Gasteiger partial charge in [-0.3, -0.25) is 14.7 Å². The molecule has 0 saturated carbocycles. The number of carbonyl (C=O) groups excluding carboxylic acids is 1. The van der Waals surface area contributed by atoms with E-state index in [0.29, 0.717) is 17.8 Å². The summed E-state index contributed by atoms with van der Waals surface area (Å²) in [5.41, 5.74) is 6.52. The number of hydrogen-bond acceptors (Lipinski definition) is 7. The fraction of sp³-hybridized carbons (Fsp3) is 0.737. The van der Waals surface area contributed by atoms with Crippen LogP contribution in [0.1, 0.15) is 29.8 Å². The van der Waals surface area contributed by atoms with Crippen molar-refractivity contribution in [1.82, 2.24) is 24.7 Å². The summed E-state index contributed by atoms with van der Waals surface area (Å²) in [6, 6.07) is 0.962. The Morgan fingerprint density at radius 3 is 2.44 bits per heavy atom. The van der Waals surface area contributed by atoms with Gasteiger partial charge in [0.05, 0.1) is 12.4 Å². The van der Waals surface area contributed by atoms with Crippen molar-refractivity contribution >= 4 is 11.7 Å². The lowest BCUT2D eigenvalue weighted by Gasteiger charge is -2.37. The summed E-state index contributed by atoms with van der Waals surface area (Å²) in [7, 11) is 2.09. The minimum Gasteiger partial charge on any atom is -0.355 e. The number of carbonyl (C=O) groups is 1. The maximum atomic E-state index is 12.8. The van der Waals surface area contributed by atoms with E-state index >= 15 is 0 Å². The molecule has 1 aromatic heterocycles. The zero-order chi connectivity index (χ0) is 18.8. The van der Waals surface area contributed by atoms with E-state index in [1.807, 2.05) is 4.90 Å². The molecule has 3 saturated heterocycles. The highest BCUT2D eigenvalue weighted by molar-refractivity contribution is 5.92. The van der Waals surface area contributed by atoms with Gasteiger partial charge >= 0.3 is 0 Å². The molecule has 4 rings (SSSR count). The van der Waals surface area contributed by atoms with Gasteiger partial charge in [-0.05, 0) is 26.3 Å². The first kappa shape index (κ1) is 18.6. The fourth-order valence-corrected chi connectivity index (χ4v) is 4.39. The van der Waals surface area contributed by atoms with E-state index in [9.17, 15) is 4.79 Å². The average Bonchev–Trinajstić information content (AvgIpc) is 3.15. The molecule has 2 N–H and O–H groups in total. The van der Waals surface area contributed by atoms with E-state index < -0.39 is 0 Å². The molecule has 0 aliphatic carbocycles. The second kappa shape index (κ2) is 8.08. The molecule has 3 aliphatic rings. The van der Waals surface area contributed by atoms with Crippen LogP contribution in [0.4, 0.5) is 5.82 Å². The van der Waals surface area contributed by atoms with Gasteiger partial charge in [0.2, 0.25) is 0 Å². The summed E-state index contributed by atoms with van der Waals surface area (Å²) >= 11 is 0. The van der Waals surface area contributed by atoms with Gasteiger partial charge < -0.3 is 20.4 Å². The van der Waals surface area contributed by atoms with E-state index in [2.05, 4.69) is 31.7 Å². The standard InChI is InChI=1S/C19H31N7O/c1-23-8-10-25(11-9-23)19(27)17-12-21-13-18(22-17)24-6-3-16(4-7-24)26-5-2-15(20)14-26/h12-13,15-16H,2-11,14,20H2,1H3/t15-/m0/s1. The number of rotatable bonds is 3. The summed E-state index contributed by atoms with van der Waals surface area (Å²) in [5.74, 6) is 0.824. The Morgan fingerprint density at radius 1 is 1.04 bits per heavy atom. The van der Waals surface area contributed by atoms with Crippen LogP contribution in [-0.2, 0) is 0 Å². The van der Waals surface area contributed by atoms with Crippen molar-refractivity contribution in [2.24, 2.45) is 5.73 Å². The summed E-state index contributed by atoms with van der Waals surface area (Å²) in [5, 5.41) is 0. The molecule has 1 aromatic rings. The van der Waals surface area contributed by atoms with Gasteiger partial charge in [-0.25, -0.2) is 4.98 Å². The maximum Gasteiger partial charge on any atom is 0.274 e. The van der Waals surface area contributed by atoms with E-state index in [4.69, 9.17) is 5.73 Å². The Balaban J connectivity index is 1.36. The third kappa shape index (κ3) is 4.23. The van der Waals surface area contributed by atoms with Crippen molar-refractivity contribution in [3.05, 3.63) is 18.1 Å². The lowest BCUT2D eigenvalue weighted by atomic mass is 10.0. The van der Waals surface area contributed by atoms with Crippen molar-refractivity contribution in [2.75, 3.05) is 64.3 Å². The smallest absolute Gasteiger partial charge is 0.274 e. The number of likely N-dealkylation sites (N-methyl/N-ethyl adjacent to an activating group) is 1. The Kier molecular flexibility index (Phi) is 5.56. The lowest BCUT2D eigenvalue weighted by molar-refractivity contribution is 0.0658. The summed E-state index contributed by atoms with van der Waals surface area (Å²) in [6.07, 6.45) is 6.73. The van der Waals surface area contributed by atoms with Crippen LogP contribution in [0.3, 0.4) is 0 Å².